The van der Waals surface area contributed by atoms with Crippen molar-refractivity contribution < 1.29 is 0 Å². The van der Waals surface area contributed by atoms with E-state index in [4.69, 9.17) is 0 Å². The van der Waals surface area contributed by atoms with Gasteiger partial charge in [0.2, 0.25) is 0 Å². The van der Waals surface area contributed by atoms with Gasteiger partial charge in [-0.1, -0.05) is 20.3 Å². The van der Waals surface area contributed by atoms with Gasteiger partial charge in [0.05, 0.1) is 0 Å². The molecule has 0 aromatic carbocycles. The van der Waals surface area contributed by atoms with Crippen molar-refractivity contribution in [3.63, 3.8) is 0 Å². The number of nitrogens with zero attached hydrogens (tertiary/aromatic N) is 1. The summed E-state index contributed by atoms with van der Waals surface area (Å²) in [5.41, 5.74) is 0. The molecular formula is C14H28N2. The maximum atomic E-state index is 3.69. The van der Waals surface area contributed by atoms with Crippen LogP contribution >= 0.6 is 0 Å². The van der Waals surface area contributed by atoms with Crippen molar-refractivity contribution in [3.8, 4) is 0 Å². The van der Waals surface area contributed by atoms with Crippen molar-refractivity contribution in [2.24, 2.45) is 0 Å². The third-order valence-electron chi connectivity index (χ3n) is 4.17. The first-order valence-electron chi connectivity index (χ1n) is 7.26. The summed E-state index contributed by atoms with van der Waals surface area (Å²) in [6, 6.07) is 2.35. The van der Waals surface area contributed by atoms with Crippen LogP contribution in [0.25, 0.3) is 0 Å². The van der Waals surface area contributed by atoms with Gasteiger partial charge in [-0.05, 0) is 51.6 Å². The summed E-state index contributed by atoms with van der Waals surface area (Å²) in [5, 5.41) is 3.69. The van der Waals surface area contributed by atoms with Gasteiger partial charge in [-0.2, -0.15) is 0 Å². The maximum Gasteiger partial charge on any atom is 0.00964 e. The molecule has 1 saturated carbocycles. The van der Waals surface area contributed by atoms with Gasteiger partial charge in [0.15, 0.2) is 0 Å². The molecule has 0 bridgehead atoms. The summed E-state index contributed by atoms with van der Waals surface area (Å²) in [6.45, 7) is 7.26. The lowest BCUT2D eigenvalue weighted by Gasteiger charge is -2.39. The predicted molar refractivity (Wildman–Crippen MR) is 69.7 cm³/mol. The minimum Gasteiger partial charge on any atom is -0.312 e. The fourth-order valence-electron chi connectivity index (χ4n) is 3.36. The second kappa shape index (κ2) is 6.02. The molecule has 0 aromatic rings. The highest BCUT2D eigenvalue weighted by molar-refractivity contribution is 4.84. The van der Waals surface area contributed by atoms with E-state index < -0.39 is 0 Å². The van der Waals surface area contributed by atoms with E-state index in [1.165, 1.54) is 58.0 Å². The monoisotopic (exact) mass is 224 g/mol. The average molecular weight is 224 g/mol. The standard InChI is InChI=1S/C14H28N2/c1-12(2)15-13-6-8-14(9-7-13)16-10-4-3-5-11-16/h12-15H,3-11H2,1-2H3. The Morgan fingerprint density at radius 2 is 1.56 bits per heavy atom. The van der Waals surface area contributed by atoms with E-state index in [0.29, 0.717) is 6.04 Å². The highest BCUT2D eigenvalue weighted by Gasteiger charge is 2.26. The minimum atomic E-state index is 0.650. The normalized spacial score (nSPS) is 33.2. The number of likely N-dealkylation sites (tertiary alicyclic amines) is 1. The molecule has 2 fully saturated rings. The molecule has 2 rings (SSSR count). The molecule has 0 atom stereocenters. The zero-order valence-electron chi connectivity index (χ0n) is 11.0. The van der Waals surface area contributed by atoms with Crippen molar-refractivity contribution in [2.75, 3.05) is 13.1 Å². The minimum absolute atomic E-state index is 0.650. The summed E-state index contributed by atoms with van der Waals surface area (Å²) in [6.07, 6.45) is 9.95. The Kier molecular flexibility index (Phi) is 4.66. The number of piperidine rings is 1. The van der Waals surface area contributed by atoms with Gasteiger partial charge in [-0.15, -0.1) is 0 Å². The van der Waals surface area contributed by atoms with Gasteiger partial charge in [0.1, 0.15) is 0 Å². The Morgan fingerprint density at radius 3 is 2.12 bits per heavy atom. The van der Waals surface area contributed by atoms with E-state index in [1.807, 2.05) is 0 Å². The number of nitrogens with one attached hydrogen (secondary N) is 1. The lowest BCUT2D eigenvalue weighted by Crippen LogP contribution is -2.45. The van der Waals surface area contributed by atoms with Crippen LogP contribution in [0.1, 0.15) is 58.8 Å². The molecular weight excluding hydrogens is 196 g/mol. The Hall–Kier alpha value is -0.0800. The molecule has 0 unspecified atom stereocenters. The third kappa shape index (κ3) is 3.46. The fraction of sp³-hybridized carbons (Fsp3) is 1.00. The molecule has 2 nitrogen and oxygen atoms in total. The maximum absolute atomic E-state index is 3.69. The van der Waals surface area contributed by atoms with Crippen LogP contribution in [0.15, 0.2) is 0 Å². The number of rotatable bonds is 3. The molecule has 1 N–H and O–H groups in total. The zero-order chi connectivity index (χ0) is 11.4. The zero-order valence-corrected chi connectivity index (χ0v) is 11.0. The van der Waals surface area contributed by atoms with E-state index in [1.54, 1.807) is 0 Å². The lowest BCUT2D eigenvalue weighted by atomic mass is 9.89. The predicted octanol–water partition coefficient (Wildman–Crippen LogP) is 2.78. The van der Waals surface area contributed by atoms with Crippen molar-refractivity contribution in [1.29, 1.82) is 0 Å². The molecule has 1 aliphatic carbocycles. The van der Waals surface area contributed by atoms with Crippen LogP contribution in [0.3, 0.4) is 0 Å². The van der Waals surface area contributed by atoms with Gasteiger partial charge >= 0.3 is 0 Å². The Morgan fingerprint density at radius 1 is 0.938 bits per heavy atom. The first-order chi connectivity index (χ1) is 7.75. The van der Waals surface area contributed by atoms with Gasteiger partial charge in [-0.25, -0.2) is 0 Å². The highest BCUT2D eigenvalue weighted by atomic mass is 15.2. The summed E-state index contributed by atoms with van der Waals surface area (Å²) < 4.78 is 0. The van der Waals surface area contributed by atoms with Crippen molar-refractivity contribution in [3.05, 3.63) is 0 Å². The van der Waals surface area contributed by atoms with Gasteiger partial charge < -0.3 is 10.2 Å². The molecule has 1 saturated heterocycles. The van der Waals surface area contributed by atoms with Crippen LogP contribution in [0.4, 0.5) is 0 Å². The molecule has 0 amide bonds. The van der Waals surface area contributed by atoms with Gasteiger partial charge in [0.25, 0.3) is 0 Å². The first kappa shape index (κ1) is 12.4. The van der Waals surface area contributed by atoms with Gasteiger partial charge in [-0.3, -0.25) is 0 Å². The molecule has 0 aromatic heterocycles. The van der Waals surface area contributed by atoms with Crippen molar-refractivity contribution in [1.82, 2.24) is 10.2 Å². The van der Waals surface area contributed by atoms with E-state index in [0.717, 1.165) is 12.1 Å². The number of hydrogen-bond donors (Lipinski definition) is 1. The van der Waals surface area contributed by atoms with Crippen LogP contribution in [-0.4, -0.2) is 36.1 Å². The highest BCUT2D eigenvalue weighted by Crippen LogP contribution is 2.25. The second-order valence-electron chi connectivity index (χ2n) is 5.92. The van der Waals surface area contributed by atoms with Crippen LogP contribution in [0.5, 0.6) is 0 Å². The summed E-state index contributed by atoms with van der Waals surface area (Å²) >= 11 is 0. The Labute approximate surface area is 101 Å². The van der Waals surface area contributed by atoms with E-state index in [2.05, 4.69) is 24.1 Å². The molecule has 1 heterocycles. The topological polar surface area (TPSA) is 15.3 Å². The smallest absolute Gasteiger partial charge is 0.00964 e. The first-order valence-corrected chi connectivity index (χ1v) is 7.26. The average Bonchev–Trinajstić information content (AvgIpc) is 2.30. The molecule has 16 heavy (non-hydrogen) atoms. The molecule has 94 valence electrons. The van der Waals surface area contributed by atoms with Gasteiger partial charge in [0, 0.05) is 18.1 Å². The second-order valence-corrected chi connectivity index (χ2v) is 5.92. The Balaban J connectivity index is 1.71. The van der Waals surface area contributed by atoms with E-state index in [9.17, 15) is 0 Å². The largest absolute Gasteiger partial charge is 0.312 e. The quantitative estimate of drug-likeness (QED) is 0.793. The molecule has 2 heteroatoms. The van der Waals surface area contributed by atoms with Crippen LogP contribution in [0, 0.1) is 0 Å². The summed E-state index contributed by atoms with van der Waals surface area (Å²) in [5.74, 6) is 0. The molecule has 2 aliphatic rings. The van der Waals surface area contributed by atoms with E-state index >= 15 is 0 Å². The van der Waals surface area contributed by atoms with Crippen LogP contribution in [-0.2, 0) is 0 Å². The number of hydrogen-bond acceptors (Lipinski definition) is 2. The fourth-order valence-corrected chi connectivity index (χ4v) is 3.36. The molecule has 1 aliphatic heterocycles. The Bertz CT molecular complexity index is 189. The van der Waals surface area contributed by atoms with Crippen molar-refractivity contribution in [2.45, 2.75) is 76.9 Å². The SMILES string of the molecule is CC(C)NC1CCC(N2CCCCC2)CC1. The third-order valence-corrected chi connectivity index (χ3v) is 4.17. The van der Waals surface area contributed by atoms with Crippen LogP contribution in [0.2, 0.25) is 0 Å². The van der Waals surface area contributed by atoms with E-state index in [-0.39, 0.29) is 0 Å². The lowest BCUT2D eigenvalue weighted by molar-refractivity contribution is 0.119. The van der Waals surface area contributed by atoms with Crippen molar-refractivity contribution >= 4 is 0 Å². The van der Waals surface area contributed by atoms with Crippen LogP contribution < -0.4 is 5.32 Å². The summed E-state index contributed by atoms with van der Waals surface area (Å²) in [7, 11) is 0. The molecule has 0 spiro atoms. The molecule has 0 radical (unpaired) electrons. The summed E-state index contributed by atoms with van der Waals surface area (Å²) in [4.78, 5) is 2.76.